The molecular weight excluding hydrogens is 404 g/mol. The van der Waals surface area contributed by atoms with E-state index in [1.165, 1.54) is 19.1 Å². The fraction of sp³-hybridized carbons (Fsp3) is 0.278. The lowest BCUT2D eigenvalue weighted by molar-refractivity contribution is -0.162. The molecule has 1 fully saturated rings. The maximum absolute atomic E-state index is 12.8. The van der Waals surface area contributed by atoms with Gasteiger partial charge < -0.3 is 14.2 Å². The van der Waals surface area contributed by atoms with Gasteiger partial charge in [0, 0.05) is 6.92 Å². The van der Waals surface area contributed by atoms with Crippen LogP contribution in [0.25, 0.3) is 0 Å². The second-order valence-corrected chi connectivity index (χ2v) is 7.70. The summed E-state index contributed by atoms with van der Waals surface area (Å²) in [6.07, 6.45) is 0. The number of benzene rings is 1. The Morgan fingerprint density at radius 1 is 1.14 bits per heavy atom. The maximum atomic E-state index is 12.8. The number of aliphatic carboxylic acids is 1. The van der Waals surface area contributed by atoms with Gasteiger partial charge in [-0.05, 0) is 24.6 Å². The molecule has 29 heavy (non-hydrogen) atoms. The molecule has 3 amide bonds. The van der Waals surface area contributed by atoms with Crippen molar-refractivity contribution in [2.75, 3.05) is 0 Å². The number of amides is 3. The van der Waals surface area contributed by atoms with E-state index in [9.17, 15) is 33.3 Å². The van der Waals surface area contributed by atoms with Gasteiger partial charge in [0.05, 0.1) is 11.1 Å². The van der Waals surface area contributed by atoms with Crippen LogP contribution in [-0.4, -0.2) is 66.2 Å². The highest BCUT2D eigenvalue weighted by Gasteiger charge is 2.62. The zero-order valence-electron chi connectivity index (χ0n) is 15.4. The van der Waals surface area contributed by atoms with E-state index in [2.05, 4.69) is 10.8 Å². The van der Waals surface area contributed by atoms with E-state index >= 15 is 0 Å². The van der Waals surface area contributed by atoms with E-state index in [4.69, 9.17) is 0 Å². The van der Waals surface area contributed by atoms with Crippen molar-refractivity contribution < 1.29 is 37.5 Å². The Bertz CT molecular complexity index is 954. The maximum Gasteiger partial charge on any atom is 0.330 e. The number of β-lactam (4-membered cyclic amide) rings is 1. The van der Waals surface area contributed by atoms with E-state index in [1.807, 2.05) is 0 Å². The van der Waals surface area contributed by atoms with E-state index in [0.29, 0.717) is 9.80 Å². The number of likely N-dealkylation sites (tertiary alicyclic amines) is 1. The van der Waals surface area contributed by atoms with Crippen molar-refractivity contribution in [2.45, 2.75) is 31.3 Å². The van der Waals surface area contributed by atoms with Gasteiger partial charge in [-0.3, -0.25) is 24.1 Å². The molecule has 0 saturated carbocycles. The standard InChI is InChI=1S/C18H16N2O8S/c1-8(2)12(18(25)26)20-16(24)13(17(20)29(27)28-9(3)21)19-14(22)10-6-4-5-7-11(10)15(19)23/h4-7,12-13,17H,1H2,2-3H3,(H,25,26)/t12-,13?,17?,29?/m1/s1. The predicted octanol–water partition coefficient (Wildman–Crippen LogP) is 0.0756. The largest absolute Gasteiger partial charge is 0.479 e. The van der Waals surface area contributed by atoms with Gasteiger partial charge in [0.15, 0.2) is 17.5 Å². The molecule has 0 radical (unpaired) electrons. The summed E-state index contributed by atoms with van der Waals surface area (Å²) in [4.78, 5) is 62.5. The lowest BCUT2D eigenvalue weighted by Crippen LogP contribution is -2.76. The molecule has 1 aromatic rings. The molecule has 4 atom stereocenters. The van der Waals surface area contributed by atoms with Crippen molar-refractivity contribution in [3.63, 3.8) is 0 Å². The zero-order chi connectivity index (χ0) is 21.6. The molecule has 1 saturated heterocycles. The second kappa shape index (κ2) is 7.24. The summed E-state index contributed by atoms with van der Waals surface area (Å²) in [7, 11) is 0. The molecule has 0 bridgehead atoms. The van der Waals surface area contributed by atoms with Gasteiger partial charge in [-0.15, -0.1) is 0 Å². The van der Waals surface area contributed by atoms with Crippen LogP contribution < -0.4 is 0 Å². The molecule has 1 N–H and O–H groups in total. The molecule has 3 rings (SSSR count). The molecule has 2 aliphatic rings. The lowest BCUT2D eigenvalue weighted by Gasteiger charge is -2.49. The molecule has 0 aromatic heterocycles. The minimum Gasteiger partial charge on any atom is -0.479 e. The number of rotatable bonds is 6. The van der Waals surface area contributed by atoms with Gasteiger partial charge in [0.2, 0.25) is 11.1 Å². The van der Waals surface area contributed by atoms with Crippen molar-refractivity contribution in [1.29, 1.82) is 0 Å². The van der Waals surface area contributed by atoms with Crippen LogP contribution in [0.1, 0.15) is 34.6 Å². The Balaban J connectivity index is 2.03. The number of carboxylic acid groups (broad SMARTS) is 1. The molecule has 11 heteroatoms. The van der Waals surface area contributed by atoms with Crippen LogP contribution in [0.5, 0.6) is 0 Å². The Morgan fingerprint density at radius 3 is 2.07 bits per heavy atom. The monoisotopic (exact) mass is 420 g/mol. The Morgan fingerprint density at radius 2 is 1.66 bits per heavy atom. The van der Waals surface area contributed by atoms with E-state index in [0.717, 1.165) is 6.92 Å². The fourth-order valence-electron chi connectivity index (χ4n) is 3.37. The number of nitrogens with zero attached hydrogens (tertiary/aromatic N) is 2. The number of carboxylic acids is 1. The quantitative estimate of drug-likeness (QED) is 0.388. The van der Waals surface area contributed by atoms with Gasteiger partial charge in [-0.1, -0.05) is 18.7 Å². The van der Waals surface area contributed by atoms with Gasteiger partial charge >= 0.3 is 11.9 Å². The van der Waals surface area contributed by atoms with Crippen LogP contribution in [0.15, 0.2) is 36.4 Å². The van der Waals surface area contributed by atoms with Crippen LogP contribution in [0.4, 0.5) is 0 Å². The SMILES string of the molecule is C=C(C)[C@H](C(=O)O)N1C(=O)C(N2C(=O)c3ccccc3C2=O)C1S(=O)OC(C)=O. The fourth-order valence-corrected chi connectivity index (χ4v) is 4.56. The van der Waals surface area contributed by atoms with Crippen molar-refractivity contribution in [2.24, 2.45) is 0 Å². The number of hydrogen-bond donors (Lipinski definition) is 1. The molecule has 10 nitrogen and oxygen atoms in total. The average molecular weight is 420 g/mol. The molecule has 0 aliphatic carbocycles. The molecule has 1 aromatic carbocycles. The lowest BCUT2D eigenvalue weighted by atomic mass is 9.98. The summed E-state index contributed by atoms with van der Waals surface area (Å²) in [5.74, 6) is -4.87. The van der Waals surface area contributed by atoms with Crippen LogP contribution in [-0.2, 0) is 29.6 Å². The number of fused-ring (bicyclic) bond motifs is 1. The summed E-state index contributed by atoms with van der Waals surface area (Å²) >= 11 is -2.53. The molecule has 2 heterocycles. The number of hydrogen-bond acceptors (Lipinski definition) is 7. The number of carbonyl (C=O) groups is 5. The van der Waals surface area contributed by atoms with Gasteiger partial charge in [-0.2, -0.15) is 0 Å². The number of imide groups is 1. The summed E-state index contributed by atoms with van der Waals surface area (Å²) in [5, 5.41) is 7.92. The smallest absolute Gasteiger partial charge is 0.330 e. The third kappa shape index (κ3) is 3.12. The highest BCUT2D eigenvalue weighted by atomic mass is 32.2. The van der Waals surface area contributed by atoms with Gasteiger partial charge in [-0.25, -0.2) is 9.00 Å². The average Bonchev–Trinajstić information content (AvgIpc) is 2.87. The van der Waals surface area contributed by atoms with Crippen LogP contribution in [0.2, 0.25) is 0 Å². The van der Waals surface area contributed by atoms with E-state index in [1.54, 1.807) is 12.1 Å². The molecular formula is C18H16N2O8S. The van der Waals surface area contributed by atoms with Crippen molar-refractivity contribution in [3.05, 3.63) is 47.5 Å². The van der Waals surface area contributed by atoms with Crippen LogP contribution in [0.3, 0.4) is 0 Å². The molecule has 3 unspecified atom stereocenters. The highest BCUT2D eigenvalue weighted by molar-refractivity contribution is 7.81. The normalized spacial score (nSPS) is 22.6. The first-order chi connectivity index (χ1) is 13.6. The van der Waals surface area contributed by atoms with Crippen LogP contribution >= 0.6 is 0 Å². The summed E-state index contributed by atoms with van der Waals surface area (Å²) < 4.78 is 17.2. The minimum atomic E-state index is -2.53. The van der Waals surface area contributed by atoms with Crippen molar-refractivity contribution in [3.8, 4) is 0 Å². The first-order valence-electron chi connectivity index (χ1n) is 8.34. The zero-order valence-corrected chi connectivity index (χ0v) is 16.2. The second-order valence-electron chi connectivity index (χ2n) is 6.53. The van der Waals surface area contributed by atoms with Gasteiger partial charge in [0.25, 0.3) is 17.7 Å². The Hall–Kier alpha value is -3.34. The van der Waals surface area contributed by atoms with Gasteiger partial charge in [0.1, 0.15) is 0 Å². The van der Waals surface area contributed by atoms with E-state index in [-0.39, 0.29) is 16.7 Å². The topological polar surface area (TPSA) is 138 Å². The first-order valence-corrected chi connectivity index (χ1v) is 9.48. The third-order valence-electron chi connectivity index (χ3n) is 4.53. The highest BCUT2D eigenvalue weighted by Crippen LogP contribution is 2.37. The number of carbonyl (C=O) groups excluding carboxylic acids is 4. The Labute approximate surface area is 167 Å². The molecule has 152 valence electrons. The Kier molecular flexibility index (Phi) is 5.09. The first kappa shape index (κ1) is 20.4. The third-order valence-corrected chi connectivity index (χ3v) is 5.81. The van der Waals surface area contributed by atoms with Crippen molar-refractivity contribution >= 4 is 40.7 Å². The van der Waals surface area contributed by atoms with Crippen LogP contribution in [0, 0.1) is 0 Å². The molecule has 2 aliphatic heterocycles. The summed E-state index contributed by atoms with van der Waals surface area (Å²) in [5.41, 5.74) is 0.183. The summed E-state index contributed by atoms with van der Waals surface area (Å²) in [6.45, 7) is 5.86. The summed E-state index contributed by atoms with van der Waals surface area (Å²) in [6, 6.07) is 2.74. The van der Waals surface area contributed by atoms with Crippen molar-refractivity contribution in [1.82, 2.24) is 9.80 Å². The van der Waals surface area contributed by atoms with E-state index < -0.39 is 58.2 Å². The minimum absolute atomic E-state index is 0.0523. The predicted molar refractivity (Wildman–Crippen MR) is 97.5 cm³/mol. The molecule has 0 spiro atoms.